The number of halogens is 1. The van der Waals surface area contributed by atoms with Gasteiger partial charge in [-0.25, -0.2) is 0 Å². The molecule has 2 aromatic heterocycles. The molecule has 0 radical (unpaired) electrons. The summed E-state index contributed by atoms with van der Waals surface area (Å²) in [6.45, 7) is 2.07. The zero-order valence-electron chi connectivity index (χ0n) is 7.08. The average Bonchev–Trinajstić information content (AvgIpc) is 2.71. The molecule has 0 saturated heterocycles. The summed E-state index contributed by atoms with van der Waals surface area (Å²) in [4.78, 5) is 2.39. The molecule has 0 aliphatic carbocycles. The molecule has 0 aromatic carbocycles. The molecule has 2 aromatic rings. The van der Waals surface area contributed by atoms with Gasteiger partial charge in [0.1, 0.15) is 5.69 Å². The Morgan fingerprint density at radius 2 is 2.38 bits per heavy atom. The highest BCUT2D eigenvalue weighted by Crippen LogP contribution is 2.27. The first-order chi connectivity index (χ1) is 6.29. The van der Waals surface area contributed by atoms with Crippen LogP contribution in [0.2, 0.25) is 0 Å². The summed E-state index contributed by atoms with van der Waals surface area (Å²) < 4.78 is 5.00. The maximum Gasteiger partial charge on any atom is 0.152 e. The summed E-state index contributed by atoms with van der Waals surface area (Å²) in [5.41, 5.74) is 0.869. The van der Waals surface area contributed by atoms with Crippen molar-refractivity contribution in [3.05, 3.63) is 28.8 Å². The number of rotatable bonds is 2. The van der Waals surface area contributed by atoms with E-state index in [1.807, 2.05) is 12.1 Å². The van der Waals surface area contributed by atoms with E-state index in [0.717, 1.165) is 10.6 Å². The third-order valence-corrected chi connectivity index (χ3v) is 2.97. The first kappa shape index (κ1) is 8.78. The van der Waals surface area contributed by atoms with Gasteiger partial charge in [0.05, 0.1) is 10.8 Å². The largest absolute Gasteiger partial charge is 0.359 e. The third-order valence-electron chi connectivity index (χ3n) is 1.68. The van der Waals surface area contributed by atoms with Crippen LogP contribution in [-0.4, -0.2) is 5.16 Å². The van der Waals surface area contributed by atoms with Gasteiger partial charge < -0.3 is 4.52 Å². The van der Waals surface area contributed by atoms with Crippen molar-refractivity contribution in [3.63, 3.8) is 0 Å². The zero-order valence-corrected chi connectivity index (χ0v) is 8.65. The van der Waals surface area contributed by atoms with E-state index in [1.54, 1.807) is 11.3 Å². The number of hydrogen-bond donors (Lipinski definition) is 0. The van der Waals surface area contributed by atoms with E-state index in [4.69, 9.17) is 16.1 Å². The Bertz CT molecular complexity index is 407. The molecule has 2 rings (SSSR count). The van der Waals surface area contributed by atoms with Crippen LogP contribution in [0.3, 0.4) is 0 Å². The van der Waals surface area contributed by atoms with Gasteiger partial charge in [-0.05, 0) is 19.1 Å². The minimum atomic E-state index is 0.372. The van der Waals surface area contributed by atoms with Crippen molar-refractivity contribution in [2.24, 2.45) is 0 Å². The predicted molar refractivity (Wildman–Crippen MR) is 54.1 cm³/mol. The fourth-order valence-electron chi connectivity index (χ4n) is 1.06. The summed E-state index contributed by atoms with van der Waals surface area (Å²) in [5.74, 6) is 1.08. The van der Waals surface area contributed by atoms with Crippen molar-refractivity contribution in [3.8, 4) is 10.6 Å². The van der Waals surface area contributed by atoms with Crippen LogP contribution in [-0.2, 0) is 5.88 Å². The van der Waals surface area contributed by atoms with Crippen LogP contribution in [0.15, 0.2) is 22.7 Å². The molecule has 4 heteroatoms. The van der Waals surface area contributed by atoms with Crippen LogP contribution in [0.25, 0.3) is 10.6 Å². The maximum atomic E-state index is 5.60. The molecule has 2 nitrogen and oxygen atoms in total. The monoisotopic (exact) mass is 213 g/mol. The van der Waals surface area contributed by atoms with Gasteiger partial charge in [-0.15, -0.1) is 22.9 Å². The molecule has 68 valence electrons. The summed E-state index contributed by atoms with van der Waals surface area (Å²) in [5, 5.41) is 3.92. The van der Waals surface area contributed by atoms with Crippen LogP contribution in [0.1, 0.15) is 10.6 Å². The van der Waals surface area contributed by atoms with Crippen molar-refractivity contribution in [2.75, 3.05) is 0 Å². The van der Waals surface area contributed by atoms with Crippen LogP contribution < -0.4 is 0 Å². The molecular formula is C9H8ClNOS. The molecule has 0 bridgehead atoms. The molecule has 0 atom stereocenters. The highest BCUT2D eigenvalue weighted by atomic mass is 35.5. The molecule has 0 fully saturated rings. The standard InChI is InChI=1S/C9H8ClNOS/c1-6-2-3-9(13-6)8-4-7(5-10)12-11-8/h2-4H,5H2,1H3. The molecule has 0 unspecified atom stereocenters. The summed E-state index contributed by atoms with van der Waals surface area (Å²) in [7, 11) is 0. The van der Waals surface area contributed by atoms with Gasteiger partial charge in [-0.3, -0.25) is 0 Å². The summed E-state index contributed by atoms with van der Waals surface area (Å²) in [6.07, 6.45) is 0. The third kappa shape index (κ3) is 1.76. The van der Waals surface area contributed by atoms with Gasteiger partial charge in [0, 0.05) is 10.9 Å². The molecule has 0 aliphatic heterocycles. The van der Waals surface area contributed by atoms with Crippen LogP contribution >= 0.6 is 22.9 Å². The Hall–Kier alpha value is -0.800. The molecule has 0 spiro atoms. The molecule has 2 heterocycles. The molecule has 0 aliphatic rings. The van der Waals surface area contributed by atoms with Crippen LogP contribution in [0, 0.1) is 6.92 Å². The lowest BCUT2D eigenvalue weighted by Gasteiger charge is -1.83. The van der Waals surface area contributed by atoms with Gasteiger partial charge in [0.15, 0.2) is 5.76 Å². The van der Waals surface area contributed by atoms with Gasteiger partial charge in [-0.2, -0.15) is 0 Å². The van der Waals surface area contributed by atoms with Crippen molar-refractivity contribution in [1.29, 1.82) is 0 Å². The fourth-order valence-corrected chi connectivity index (χ4v) is 2.01. The Kier molecular flexibility index (Phi) is 2.38. The van der Waals surface area contributed by atoms with Crippen molar-refractivity contribution < 1.29 is 4.52 Å². The second-order valence-corrected chi connectivity index (χ2v) is 4.28. The highest BCUT2D eigenvalue weighted by molar-refractivity contribution is 7.15. The predicted octanol–water partition coefficient (Wildman–Crippen LogP) is 3.45. The Morgan fingerprint density at radius 3 is 2.92 bits per heavy atom. The van der Waals surface area contributed by atoms with Crippen LogP contribution in [0.4, 0.5) is 0 Å². The van der Waals surface area contributed by atoms with Gasteiger partial charge in [0.25, 0.3) is 0 Å². The normalized spacial score (nSPS) is 10.6. The average molecular weight is 214 g/mol. The van der Waals surface area contributed by atoms with E-state index in [-0.39, 0.29) is 0 Å². The van der Waals surface area contributed by atoms with E-state index in [9.17, 15) is 0 Å². The Labute approximate surface area is 85.1 Å². The quantitative estimate of drug-likeness (QED) is 0.715. The molecule has 13 heavy (non-hydrogen) atoms. The van der Waals surface area contributed by atoms with E-state index in [0.29, 0.717) is 11.6 Å². The number of aromatic nitrogens is 1. The van der Waals surface area contributed by atoms with Crippen molar-refractivity contribution >= 4 is 22.9 Å². The topological polar surface area (TPSA) is 26.0 Å². The first-order valence-electron chi connectivity index (χ1n) is 3.88. The lowest BCUT2D eigenvalue weighted by Crippen LogP contribution is -1.67. The van der Waals surface area contributed by atoms with E-state index in [1.165, 1.54) is 4.88 Å². The minimum Gasteiger partial charge on any atom is -0.359 e. The fraction of sp³-hybridized carbons (Fsp3) is 0.222. The maximum absolute atomic E-state index is 5.60. The minimum absolute atomic E-state index is 0.372. The van der Waals surface area contributed by atoms with Crippen molar-refractivity contribution in [2.45, 2.75) is 12.8 Å². The Morgan fingerprint density at radius 1 is 1.54 bits per heavy atom. The number of hydrogen-bond acceptors (Lipinski definition) is 3. The summed E-state index contributed by atoms with van der Waals surface area (Å²) >= 11 is 7.30. The number of aryl methyl sites for hydroxylation is 1. The highest BCUT2D eigenvalue weighted by Gasteiger charge is 2.06. The zero-order chi connectivity index (χ0) is 9.26. The molecule has 0 N–H and O–H groups in total. The lowest BCUT2D eigenvalue weighted by molar-refractivity contribution is 0.396. The Balaban J connectivity index is 2.35. The molecular weight excluding hydrogens is 206 g/mol. The van der Waals surface area contributed by atoms with E-state index < -0.39 is 0 Å². The number of nitrogens with zero attached hydrogens (tertiary/aromatic N) is 1. The molecule has 0 saturated carbocycles. The number of alkyl halides is 1. The lowest BCUT2D eigenvalue weighted by atomic mass is 10.3. The first-order valence-corrected chi connectivity index (χ1v) is 5.23. The van der Waals surface area contributed by atoms with Gasteiger partial charge in [0.2, 0.25) is 0 Å². The second kappa shape index (κ2) is 3.52. The smallest absolute Gasteiger partial charge is 0.152 e. The SMILES string of the molecule is Cc1ccc(-c2cc(CCl)on2)s1. The van der Waals surface area contributed by atoms with E-state index >= 15 is 0 Å². The second-order valence-electron chi connectivity index (χ2n) is 2.72. The number of thiophene rings is 1. The van der Waals surface area contributed by atoms with Crippen molar-refractivity contribution in [1.82, 2.24) is 5.16 Å². The summed E-state index contributed by atoms with van der Waals surface area (Å²) in [6, 6.07) is 5.98. The molecule has 0 amide bonds. The van der Waals surface area contributed by atoms with Gasteiger partial charge >= 0.3 is 0 Å². The van der Waals surface area contributed by atoms with Crippen LogP contribution in [0.5, 0.6) is 0 Å². The van der Waals surface area contributed by atoms with E-state index in [2.05, 4.69) is 18.1 Å². The van der Waals surface area contributed by atoms with Gasteiger partial charge in [-0.1, -0.05) is 5.16 Å².